The van der Waals surface area contributed by atoms with Crippen LogP contribution in [0, 0.1) is 0 Å². The summed E-state index contributed by atoms with van der Waals surface area (Å²) in [6, 6.07) is 15.5. The molecular weight excluding hydrogens is 480 g/mol. The number of rotatable bonds is 9. The molecule has 0 saturated carbocycles. The van der Waals surface area contributed by atoms with E-state index in [1.807, 2.05) is 48.5 Å². The van der Waals surface area contributed by atoms with Crippen molar-refractivity contribution >= 4 is 29.4 Å². The van der Waals surface area contributed by atoms with Crippen LogP contribution < -0.4 is 19.7 Å². The molecule has 0 radical (unpaired) electrons. The number of aromatic nitrogens is 2. The highest BCUT2D eigenvalue weighted by Gasteiger charge is 2.37. The van der Waals surface area contributed by atoms with Gasteiger partial charge in [-0.05, 0) is 18.2 Å². The first-order valence-electron chi connectivity index (χ1n) is 11.5. The van der Waals surface area contributed by atoms with Gasteiger partial charge in [0, 0.05) is 37.4 Å². The molecule has 10 heteroatoms. The van der Waals surface area contributed by atoms with Gasteiger partial charge < -0.3 is 19.5 Å². The van der Waals surface area contributed by atoms with Gasteiger partial charge in [0.15, 0.2) is 0 Å². The number of nitrogens with one attached hydrogen (secondary N) is 1. The average Bonchev–Trinajstić information content (AvgIpc) is 3.16. The van der Waals surface area contributed by atoms with Crippen LogP contribution in [0.4, 0.5) is 5.82 Å². The third kappa shape index (κ3) is 5.19. The van der Waals surface area contributed by atoms with E-state index in [1.54, 1.807) is 33.1 Å². The molecule has 9 nitrogen and oxygen atoms in total. The molecule has 0 bridgehead atoms. The zero-order chi connectivity index (χ0) is 25.7. The van der Waals surface area contributed by atoms with E-state index < -0.39 is 0 Å². The van der Waals surface area contributed by atoms with E-state index in [4.69, 9.17) is 19.3 Å². The molecule has 0 spiro atoms. The summed E-state index contributed by atoms with van der Waals surface area (Å²) in [7, 11) is 6.60. The van der Waals surface area contributed by atoms with Gasteiger partial charge in [-0.15, -0.1) is 11.8 Å². The van der Waals surface area contributed by atoms with Crippen molar-refractivity contribution in [2.45, 2.75) is 5.25 Å². The van der Waals surface area contributed by atoms with Crippen LogP contribution in [0.15, 0.2) is 48.5 Å². The minimum atomic E-state index is -0.292. The maximum Gasteiger partial charge on any atom is 0.240 e. The van der Waals surface area contributed by atoms with Crippen LogP contribution in [-0.2, 0) is 21.4 Å². The number of amides is 2. The SMILES string of the molecule is COCCNC(=O)CN1C(=O)CSC(c2cc(OC)ccc2OC)c2c(-c3ccccc3)nn(C)c21. The Hall–Kier alpha value is -3.50. The summed E-state index contributed by atoms with van der Waals surface area (Å²) >= 11 is 1.48. The third-order valence-electron chi connectivity index (χ3n) is 5.94. The summed E-state index contributed by atoms with van der Waals surface area (Å²) in [6.45, 7) is 0.636. The number of benzene rings is 2. The van der Waals surface area contributed by atoms with E-state index in [-0.39, 0.29) is 29.4 Å². The minimum Gasteiger partial charge on any atom is -0.497 e. The Morgan fingerprint density at radius 2 is 1.92 bits per heavy atom. The van der Waals surface area contributed by atoms with E-state index >= 15 is 0 Å². The number of methoxy groups -OCH3 is 3. The van der Waals surface area contributed by atoms with Crippen LogP contribution in [-0.4, -0.2) is 68.4 Å². The molecule has 4 rings (SSSR count). The highest BCUT2D eigenvalue weighted by Crippen LogP contribution is 2.50. The van der Waals surface area contributed by atoms with Gasteiger partial charge in [0.1, 0.15) is 23.9 Å². The predicted octanol–water partition coefficient (Wildman–Crippen LogP) is 3.04. The van der Waals surface area contributed by atoms with Crippen molar-refractivity contribution in [1.82, 2.24) is 15.1 Å². The van der Waals surface area contributed by atoms with Crippen LogP contribution in [0.2, 0.25) is 0 Å². The fraction of sp³-hybridized carbons (Fsp3) is 0.346. The van der Waals surface area contributed by atoms with Gasteiger partial charge >= 0.3 is 0 Å². The van der Waals surface area contributed by atoms with Crippen molar-refractivity contribution in [3.8, 4) is 22.8 Å². The van der Waals surface area contributed by atoms with Crippen molar-refractivity contribution in [3.63, 3.8) is 0 Å². The van der Waals surface area contributed by atoms with Gasteiger partial charge in [0.05, 0.1) is 37.5 Å². The summed E-state index contributed by atoms with van der Waals surface area (Å²) in [6.07, 6.45) is 0. The van der Waals surface area contributed by atoms with E-state index in [0.29, 0.717) is 30.5 Å². The first kappa shape index (κ1) is 25.6. The molecule has 1 N–H and O–H groups in total. The Balaban J connectivity index is 1.88. The van der Waals surface area contributed by atoms with Crippen molar-refractivity contribution in [2.75, 3.05) is 51.7 Å². The molecule has 1 aliphatic rings. The smallest absolute Gasteiger partial charge is 0.240 e. The lowest BCUT2D eigenvalue weighted by Crippen LogP contribution is -2.43. The first-order chi connectivity index (χ1) is 17.5. The molecule has 2 heterocycles. The Labute approximate surface area is 214 Å². The van der Waals surface area contributed by atoms with Crippen LogP contribution in [0.1, 0.15) is 16.4 Å². The van der Waals surface area contributed by atoms with E-state index in [2.05, 4.69) is 5.32 Å². The number of carbonyl (C=O) groups excluding carboxylic acids is 2. The van der Waals surface area contributed by atoms with Gasteiger partial charge in [-0.1, -0.05) is 30.3 Å². The molecule has 0 fully saturated rings. The highest BCUT2D eigenvalue weighted by atomic mass is 32.2. The van der Waals surface area contributed by atoms with Gasteiger partial charge in [-0.3, -0.25) is 19.2 Å². The lowest BCUT2D eigenvalue weighted by Gasteiger charge is -2.23. The normalized spacial score (nSPS) is 15.3. The van der Waals surface area contributed by atoms with Crippen molar-refractivity contribution in [1.29, 1.82) is 0 Å². The van der Waals surface area contributed by atoms with Gasteiger partial charge in [-0.25, -0.2) is 0 Å². The Kier molecular flexibility index (Phi) is 8.17. The van der Waals surface area contributed by atoms with E-state index in [9.17, 15) is 9.59 Å². The molecule has 1 atom stereocenters. The van der Waals surface area contributed by atoms with Gasteiger partial charge in [-0.2, -0.15) is 5.10 Å². The number of carbonyl (C=O) groups is 2. The van der Waals surface area contributed by atoms with E-state index in [1.165, 1.54) is 16.7 Å². The highest BCUT2D eigenvalue weighted by molar-refractivity contribution is 8.00. The fourth-order valence-electron chi connectivity index (χ4n) is 4.28. The topological polar surface area (TPSA) is 94.9 Å². The van der Waals surface area contributed by atoms with Gasteiger partial charge in [0.2, 0.25) is 11.8 Å². The molecule has 0 aliphatic carbocycles. The lowest BCUT2D eigenvalue weighted by molar-refractivity contribution is -0.123. The zero-order valence-electron chi connectivity index (χ0n) is 20.8. The van der Waals surface area contributed by atoms with Crippen molar-refractivity contribution < 1.29 is 23.8 Å². The minimum absolute atomic E-state index is 0.119. The zero-order valence-corrected chi connectivity index (χ0v) is 21.6. The summed E-state index contributed by atoms with van der Waals surface area (Å²) in [4.78, 5) is 27.7. The Bertz CT molecular complexity index is 1230. The van der Waals surface area contributed by atoms with Crippen LogP contribution in [0.3, 0.4) is 0 Å². The second-order valence-electron chi connectivity index (χ2n) is 8.20. The molecule has 0 saturated heterocycles. The van der Waals surface area contributed by atoms with Crippen LogP contribution >= 0.6 is 11.8 Å². The number of hydrogen-bond donors (Lipinski definition) is 1. The summed E-state index contributed by atoms with van der Waals surface area (Å²) in [5.74, 6) is 1.69. The monoisotopic (exact) mass is 510 g/mol. The van der Waals surface area contributed by atoms with Crippen molar-refractivity contribution in [3.05, 3.63) is 59.7 Å². The molecule has 2 aromatic carbocycles. The maximum absolute atomic E-state index is 13.4. The molecule has 3 aromatic rings. The van der Waals surface area contributed by atoms with Crippen LogP contribution in [0.5, 0.6) is 11.5 Å². The molecule has 36 heavy (non-hydrogen) atoms. The summed E-state index contributed by atoms with van der Waals surface area (Å²) < 4.78 is 17.9. The second kappa shape index (κ2) is 11.5. The molecule has 1 aromatic heterocycles. The molecule has 1 unspecified atom stereocenters. The number of ether oxygens (including phenoxy) is 3. The summed E-state index contributed by atoms with van der Waals surface area (Å²) in [5.41, 5.74) is 3.37. The Morgan fingerprint density at radius 1 is 1.14 bits per heavy atom. The number of aryl methyl sites for hydroxylation is 1. The number of nitrogens with zero attached hydrogens (tertiary/aromatic N) is 3. The fourth-order valence-corrected chi connectivity index (χ4v) is 5.49. The molecule has 190 valence electrons. The number of hydrogen-bond acceptors (Lipinski definition) is 7. The predicted molar refractivity (Wildman–Crippen MR) is 140 cm³/mol. The summed E-state index contributed by atoms with van der Waals surface area (Å²) in [5, 5.41) is 7.34. The number of thioether (sulfide) groups is 1. The molecule has 2 amide bonds. The standard InChI is InChI=1S/C26H30N4O5S/c1-29-26-23(24(28-29)17-8-6-5-7-9-17)25(19-14-18(34-3)10-11-20(19)35-4)36-16-22(32)30(26)15-21(31)27-12-13-33-2/h5-11,14,25H,12-13,15-16H2,1-4H3,(H,27,31). The average molecular weight is 511 g/mol. The third-order valence-corrected chi connectivity index (χ3v) is 7.18. The molecular formula is C26H30N4O5S. The van der Waals surface area contributed by atoms with E-state index in [0.717, 1.165) is 22.4 Å². The van der Waals surface area contributed by atoms with Crippen LogP contribution in [0.25, 0.3) is 11.3 Å². The quantitative estimate of drug-likeness (QED) is 0.442. The van der Waals surface area contributed by atoms with Crippen molar-refractivity contribution in [2.24, 2.45) is 7.05 Å². The molecule has 1 aliphatic heterocycles. The Morgan fingerprint density at radius 3 is 2.61 bits per heavy atom. The number of anilines is 1. The number of fused-ring (bicyclic) bond motifs is 1. The van der Waals surface area contributed by atoms with Gasteiger partial charge in [0.25, 0.3) is 0 Å². The second-order valence-corrected chi connectivity index (χ2v) is 9.29. The largest absolute Gasteiger partial charge is 0.497 e. The first-order valence-corrected chi connectivity index (χ1v) is 12.5. The maximum atomic E-state index is 13.4. The lowest BCUT2D eigenvalue weighted by atomic mass is 9.98.